The fraction of sp³-hybridized carbons (Fsp3) is 0.231. The lowest BCUT2D eigenvalue weighted by Crippen LogP contribution is -2.11. The minimum atomic E-state index is -2.38. The van der Waals surface area contributed by atoms with Gasteiger partial charge in [0.25, 0.3) is 0 Å². The second-order valence-corrected chi connectivity index (χ2v) is 7.01. The maximum Gasteiger partial charge on any atom is 0.125 e. The minimum Gasteiger partial charge on any atom is -0.393 e. The molecule has 0 fully saturated rings. The average molecular weight is 250 g/mol. The molecule has 0 heterocycles. The van der Waals surface area contributed by atoms with Crippen molar-refractivity contribution in [3.05, 3.63) is 48.7 Å². The lowest BCUT2D eigenvalue weighted by Gasteiger charge is -2.11. The predicted molar refractivity (Wildman–Crippen MR) is 75.9 cm³/mol. The molecule has 1 rings (SSSR count). The summed E-state index contributed by atoms with van der Waals surface area (Å²) in [7, 11) is -0.543. The van der Waals surface area contributed by atoms with E-state index in [0.29, 0.717) is 0 Å². The lowest BCUT2D eigenvalue weighted by atomic mass is 10.1. The van der Waals surface area contributed by atoms with E-state index in [9.17, 15) is 4.57 Å². The smallest absolute Gasteiger partial charge is 0.125 e. The van der Waals surface area contributed by atoms with Crippen LogP contribution < -0.4 is 16.4 Å². The first-order valence-electron chi connectivity index (χ1n) is 5.42. The highest BCUT2D eigenvalue weighted by Gasteiger charge is 2.15. The molecule has 0 aliphatic heterocycles. The van der Waals surface area contributed by atoms with E-state index in [-0.39, 0.29) is 6.29 Å². The van der Waals surface area contributed by atoms with E-state index in [2.05, 4.69) is 11.9 Å². The zero-order valence-electron chi connectivity index (χ0n) is 10.3. The summed E-state index contributed by atoms with van der Waals surface area (Å²) < 4.78 is 12.1. The third-order valence-corrected chi connectivity index (χ3v) is 4.70. The van der Waals surface area contributed by atoms with Crippen LogP contribution in [-0.2, 0) is 4.57 Å². The number of hydrogen-bond acceptors (Lipinski definition) is 3. The largest absolute Gasteiger partial charge is 0.393 e. The van der Waals surface area contributed by atoms with Gasteiger partial charge in [0, 0.05) is 18.6 Å². The van der Waals surface area contributed by atoms with E-state index >= 15 is 0 Å². The molecule has 1 unspecified atom stereocenters. The van der Waals surface area contributed by atoms with Gasteiger partial charge in [-0.25, -0.2) is 0 Å². The highest BCUT2D eigenvalue weighted by atomic mass is 31.2. The first kappa shape index (κ1) is 13.8. The second-order valence-electron chi connectivity index (χ2n) is 3.92. The van der Waals surface area contributed by atoms with Crippen LogP contribution in [0.25, 0.3) is 5.57 Å². The van der Waals surface area contributed by atoms with Crippen LogP contribution in [-0.4, -0.2) is 20.0 Å². The standard InChI is InChI=1S/C13H19N2OP/c1-4-11(9-15-2)12-5-7-13(8-6-12)17(3,16)10-14/h4-9,15H,1,10,14H2,2-3H3/b11-9+. The van der Waals surface area contributed by atoms with Crippen LogP contribution in [0.4, 0.5) is 0 Å². The van der Waals surface area contributed by atoms with E-state index in [1.165, 1.54) is 0 Å². The van der Waals surface area contributed by atoms with Crippen LogP contribution in [0.15, 0.2) is 43.1 Å². The van der Waals surface area contributed by atoms with Gasteiger partial charge in [0.1, 0.15) is 7.14 Å². The molecule has 0 aliphatic carbocycles. The van der Waals surface area contributed by atoms with Crippen LogP contribution in [0.5, 0.6) is 0 Å². The molecule has 0 aliphatic rings. The Balaban J connectivity index is 3.07. The van der Waals surface area contributed by atoms with Gasteiger partial charge >= 0.3 is 0 Å². The van der Waals surface area contributed by atoms with Crippen LogP contribution in [0.3, 0.4) is 0 Å². The summed E-state index contributed by atoms with van der Waals surface area (Å²) in [5, 5.41) is 3.78. The zero-order valence-corrected chi connectivity index (χ0v) is 11.2. The van der Waals surface area contributed by atoms with Crippen molar-refractivity contribution in [1.29, 1.82) is 0 Å². The number of hydrogen-bond donors (Lipinski definition) is 2. The monoisotopic (exact) mass is 250 g/mol. The second kappa shape index (κ2) is 5.85. The Kier molecular flexibility index (Phi) is 4.73. The van der Waals surface area contributed by atoms with Crippen LogP contribution in [0, 0.1) is 0 Å². The number of benzene rings is 1. The molecule has 0 bridgehead atoms. The molecule has 17 heavy (non-hydrogen) atoms. The third kappa shape index (κ3) is 3.32. The first-order chi connectivity index (χ1) is 8.05. The lowest BCUT2D eigenvalue weighted by molar-refractivity contribution is 0.585. The van der Waals surface area contributed by atoms with Crippen molar-refractivity contribution in [3.63, 3.8) is 0 Å². The highest BCUT2D eigenvalue weighted by Crippen LogP contribution is 2.37. The topological polar surface area (TPSA) is 55.1 Å². The van der Waals surface area contributed by atoms with Crippen LogP contribution in [0.2, 0.25) is 0 Å². The molecule has 92 valence electrons. The maximum atomic E-state index is 12.1. The minimum absolute atomic E-state index is 0.201. The number of nitrogens with one attached hydrogen (secondary N) is 1. The van der Waals surface area contributed by atoms with Crippen molar-refractivity contribution in [2.45, 2.75) is 0 Å². The van der Waals surface area contributed by atoms with E-state index < -0.39 is 7.14 Å². The summed E-state index contributed by atoms with van der Waals surface area (Å²) in [6.45, 7) is 5.47. The van der Waals surface area contributed by atoms with Crippen LogP contribution >= 0.6 is 7.14 Å². The predicted octanol–water partition coefficient (Wildman–Crippen LogP) is 1.97. The molecule has 4 heteroatoms. The molecule has 0 saturated heterocycles. The van der Waals surface area contributed by atoms with Gasteiger partial charge in [0.05, 0.1) is 6.29 Å². The summed E-state index contributed by atoms with van der Waals surface area (Å²) >= 11 is 0. The third-order valence-electron chi connectivity index (χ3n) is 2.61. The van der Waals surface area contributed by atoms with Crippen molar-refractivity contribution in [1.82, 2.24) is 5.32 Å². The fourth-order valence-corrected chi connectivity index (χ4v) is 2.48. The summed E-state index contributed by atoms with van der Waals surface area (Å²) in [4.78, 5) is 0. The molecular formula is C13H19N2OP. The van der Waals surface area contributed by atoms with Gasteiger partial charge in [0.2, 0.25) is 0 Å². The van der Waals surface area contributed by atoms with Crippen molar-refractivity contribution < 1.29 is 4.57 Å². The van der Waals surface area contributed by atoms with Gasteiger partial charge in [-0.2, -0.15) is 0 Å². The Morgan fingerprint density at radius 1 is 1.47 bits per heavy atom. The molecule has 0 spiro atoms. The fourth-order valence-electron chi connectivity index (χ4n) is 1.49. The van der Waals surface area contributed by atoms with E-state index in [1.807, 2.05) is 37.5 Å². The van der Waals surface area contributed by atoms with Gasteiger partial charge < -0.3 is 15.6 Å². The quantitative estimate of drug-likeness (QED) is 0.620. The van der Waals surface area contributed by atoms with Gasteiger partial charge in [0.15, 0.2) is 0 Å². The van der Waals surface area contributed by atoms with Gasteiger partial charge in [-0.3, -0.25) is 0 Å². The molecule has 0 saturated carbocycles. The van der Waals surface area contributed by atoms with Crippen molar-refractivity contribution in [2.75, 3.05) is 20.0 Å². The normalized spacial score (nSPS) is 15.1. The Bertz CT molecular complexity index is 463. The van der Waals surface area contributed by atoms with Gasteiger partial charge in [-0.1, -0.05) is 36.9 Å². The molecule has 3 N–H and O–H groups in total. The number of rotatable bonds is 5. The molecule has 0 amide bonds. The van der Waals surface area contributed by atoms with Crippen molar-refractivity contribution in [2.24, 2.45) is 5.73 Å². The molecule has 3 nitrogen and oxygen atoms in total. The summed E-state index contributed by atoms with van der Waals surface area (Å²) in [6.07, 6.45) is 3.85. The summed E-state index contributed by atoms with van der Waals surface area (Å²) in [5.41, 5.74) is 7.54. The Morgan fingerprint density at radius 3 is 2.47 bits per heavy atom. The molecule has 1 aromatic carbocycles. The van der Waals surface area contributed by atoms with E-state index in [1.54, 1.807) is 12.7 Å². The van der Waals surface area contributed by atoms with E-state index in [0.717, 1.165) is 16.4 Å². The molecular weight excluding hydrogens is 231 g/mol. The summed E-state index contributed by atoms with van der Waals surface area (Å²) in [5.74, 6) is 0. The Labute approximate surface area is 103 Å². The SMILES string of the molecule is C=C/C(=C\NC)c1ccc(P(C)(=O)CN)cc1. The van der Waals surface area contributed by atoms with Crippen molar-refractivity contribution in [3.8, 4) is 0 Å². The highest BCUT2D eigenvalue weighted by molar-refractivity contribution is 7.70. The average Bonchev–Trinajstić information content (AvgIpc) is 2.36. The maximum absolute atomic E-state index is 12.1. The van der Waals surface area contributed by atoms with Gasteiger partial charge in [-0.05, 0) is 17.8 Å². The molecule has 0 aromatic heterocycles. The molecule has 1 aromatic rings. The molecule has 0 radical (unpaired) electrons. The Morgan fingerprint density at radius 2 is 2.06 bits per heavy atom. The number of allylic oxidation sites excluding steroid dienone is 2. The first-order valence-corrected chi connectivity index (χ1v) is 7.76. The number of nitrogens with two attached hydrogens (primary N) is 1. The van der Waals surface area contributed by atoms with Crippen LogP contribution in [0.1, 0.15) is 5.56 Å². The summed E-state index contributed by atoms with van der Waals surface area (Å²) in [6, 6.07) is 7.62. The van der Waals surface area contributed by atoms with Crippen molar-refractivity contribution >= 4 is 18.0 Å². The molecule has 1 atom stereocenters. The Hall–Kier alpha value is -1.31. The van der Waals surface area contributed by atoms with Gasteiger partial charge in [-0.15, -0.1) is 0 Å². The van der Waals surface area contributed by atoms with E-state index in [4.69, 9.17) is 5.73 Å². The zero-order chi connectivity index (χ0) is 12.9.